The molecule has 0 saturated heterocycles. The Labute approximate surface area is 210 Å². The molecule has 0 fully saturated rings. The maximum Gasteiger partial charge on any atom is 0.242 e. The van der Waals surface area contributed by atoms with Crippen molar-refractivity contribution in [1.82, 2.24) is 14.5 Å². The lowest BCUT2D eigenvalue weighted by Crippen LogP contribution is -2.31. The van der Waals surface area contributed by atoms with Crippen molar-refractivity contribution >= 4 is 45.0 Å². The smallest absolute Gasteiger partial charge is 0.242 e. The van der Waals surface area contributed by atoms with Crippen LogP contribution in [0.25, 0.3) is 0 Å². The Balaban J connectivity index is 1.45. The number of amides is 1. The first kappa shape index (κ1) is 26.3. The number of aliphatic imine (C=N–C) groups is 1. The van der Waals surface area contributed by atoms with E-state index in [0.717, 1.165) is 52.9 Å². The minimum atomic E-state index is -3.86. The van der Waals surface area contributed by atoms with Gasteiger partial charge in [0.15, 0.2) is 5.75 Å². The molecule has 11 heteroatoms. The molecule has 1 heterocycles. The molecule has 0 spiro atoms. The number of halogens is 2. The zero-order valence-electron chi connectivity index (χ0n) is 19.1. The summed E-state index contributed by atoms with van der Waals surface area (Å²) in [5, 5.41) is 12.6. The maximum atomic E-state index is 12.7. The molecule has 1 aliphatic heterocycles. The Bertz CT molecular complexity index is 1150. The van der Waals surface area contributed by atoms with Gasteiger partial charge in [0, 0.05) is 45.7 Å². The second-order valence-electron chi connectivity index (χ2n) is 8.08. The highest BCUT2D eigenvalue weighted by Crippen LogP contribution is 2.34. The number of phenolic OH excluding ortho intramolecular Hbond substituents is 1. The molecule has 34 heavy (non-hydrogen) atoms. The van der Waals surface area contributed by atoms with E-state index < -0.39 is 10.0 Å². The zero-order valence-corrected chi connectivity index (χ0v) is 21.4. The Morgan fingerprint density at radius 1 is 1.12 bits per heavy atom. The number of nitrogens with zero attached hydrogens (tertiary/aromatic N) is 3. The van der Waals surface area contributed by atoms with E-state index in [1.165, 1.54) is 7.05 Å². The van der Waals surface area contributed by atoms with Crippen LogP contribution in [0.3, 0.4) is 0 Å². The molecule has 0 unspecified atom stereocenters. The third-order valence-corrected chi connectivity index (χ3v) is 8.04. The average Bonchev–Trinajstić information content (AvgIpc) is 3.35. The van der Waals surface area contributed by atoms with Crippen LogP contribution in [0.4, 0.5) is 0 Å². The van der Waals surface area contributed by atoms with E-state index in [1.54, 1.807) is 11.9 Å². The van der Waals surface area contributed by atoms with E-state index in [2.05, 4.69) is 10.3 Å². The number of hydrogen-bond acceptors (Lipinski definition) is 6. The number of carbonyl (C=O) groups is 1. The molecular formula is C23H28Cl2N4O4S. The van der Waals surface area contributed by atoms with E-state index in [4.69, 9.17) is 23.2 Å². The molecule has 3 rings (SSSR count). The third-order valence-electron chi connectivity index (χ3n) is 5.63. The largest absolute Gasteiger partial charge is 0.505 e. The molecule has 0 atom stereocenters. The Hall–Kier alpha value is -2.33. The van der Waals surface area contributed by atoms with Gasteiger partial charge in [0.1, 0.15) is 5.84 Å². The van der Waals surface area contributed by atoms with Gasteiger partial charge in [0.2, 0.25) is 15.9 Å². The normalized spacial score (nSPS) is 13.6. The van der Waals surface area contributed by atoms with Crippen molar-refractivity contribution in [2.45, 2.75) is 24.2 Å². The van der Waals surface area contributed by atoms with Gasteiger partial charge in [0.05, 0.1) is 21.5 Å². The summed E-state index contributed by atoms with van der Waals surface area (Å²) in [5.74, 6) is 0.500. The minimum Gasteiger partial charge on any atom is -0.505 e. The number of benzene rings is 2. The van der Waals surface area contributed by atoms with Crippen LogP contribution in [-0.2, 0) is 21.2 Å². The van der Waals surface area contributed by atoms with Crippen LogP contribution in [0, 0.1) is 0 Å². The van der Waals surface area contributed by atoms with Gasteiger partial charge in [0.25, 0.3) is 0 Å². The summed E-state index contributed by atoms with van der Waals surface area (Å²) < 4.78 is 26.6. The molecule has 2 aromatic carbocycles. The first-order chi connectivity index (χ1) is 16.1. The molecule has 8 nitrogen and oxygen atoms in total. The van der Waals surface area contributed by atoms with Crippen molar-refractivity contribution in [3.63, 3.8) is 0 Å². The quantitative estimate of drug-likeness (QED) is 0.495. The summed E-state index contributed by atoms with van der Waals surface area (Å²) in [6, 6.07) is 10.4. The first-order valence-corrected chi connectivity index (χ1v) is 13.0. The lowest BCUT2D eigenvalue weighted by atomic mass is 10.1. The number of rotatable bonds is 10. The topological polar surface area (TPSA) is 102 Å². The van der Waals surface area contributed by atoms with E-state index in [9.17, 15) is 18.3 Å². The fourth-order valence-electron chi connectivity index (χ4n) is 3.48. The summed E-state index contributed by atoms with van der Waals surface area (Å²) in [4.78, 5) is 18.4. The SMILES string of the molecule is CN(CCc1ccc(C2=NCCN2)cc1)C(=O)CCCN(C)S(=O)(=O)c1cc(Cl)c(O)c(Cl)c1. The van der Waals surface area contributed by atoms with E-state index in [-0.39, 0.29) is 39.6 Å². The Kier molecular flexibility index (Phi) is 8.81. The maximum absolute atomic E-state index is 12.7. The number of amidine groups is 1. The fraction of sp³-hybridized carbons (Fsp3) is 0.391. The molecule has 184 valence electrons. The summed E-state index contributed by atoms with van der Waals surface area (Å²) in [6.07, 6.45) is 1.30. The predicted octanol–water partition coefficient (Wildman–Crippen LogP) is 3.15. The first-order valence-electron chi connectivity index (χ1n) is 10.9. The summed E-state index contributed by atoms with van der Waals surface area (Å²) in [6.45, 7) is 2.38. The van der Waals surface area contributed by atoms with Gasteiger partial charge in [-0.1, -0.05) is 47.5 Å². The second kappa shape index (κ2) is 11.4. The van der Waals surface area contributed by atoms with Crippen molar-refractivity contribution in [2.75, 3.05) is 40.3 Å². The molecule has 1 amide bonds. The second-order valence-corrected chi connectivity index (χ2v) is 10.9. The standard InChI is InChI=1S/C23H28Cl2N4O4S/c1-28(13-9-16-5-7-17(8-6-16)23-26-10-11-27-23)21(30)4-3-12-29(2)34(32,33)18-14-19(24)22(31)20(25)15-18/h5-8,14-15,31H,3-4,9-13H2,1-2H3,(H,26,27). The van der Waals surface area contributed by atoms with Crippen molar-refractivity contribution in [3.05, 3.63) is 57.6 Å². The van der Waals surface area contributed by atoms with Crippen LogP contribution >= 0.6 is 23.2 Å². The minimum absolute atomic E-state index is 0.0531. The van der Waals surface area contributed by atoms with Crippen molar-refractivity contribution in [2.24, 2.45) is 4.99 Å². The van der Waals surface area contributed by atoms with E-state index in [1.807, 2.05) is 24.3 Å². The van der Waals surface area contributed by atoms with Crippen LogP contribution in [0.1, 0.15) is 24.0 Å². The highest BCUT2D eigenvalue weighted by atomic mass is 35.5. The van der Waals surface area contributed by atoms with E-state index >= 15 is 0 Å². The highest BCUT2D eigenvalue weighted by molar-refractivity contribution is 7.89. The van der Waals surface area contributed by atoms with Gasteiger partial charge < -0.3 is 15.3 Å². The van der Waals surface area contributed by atoms with E-state index in [0.29, 0.717) is 13.0 Å². The average molecular weight is 527 g/mol. The summed E-state index contributed by atoms with van der Waals surface area (Å²) in [5.41, 5.74) is 2.18. The number of nitrogens with one attached hydrogen (secondary N) is 1. The molecule has 0 radical (unpaired) electrons. The highest BCUT2D eigenvalue weighted by Gasteiger charge is 2.23. The van der Waals surface area contributed by atoms with Crippen LogP contribution in [0.5, 0.6) is 5.75 Å². The van der Waals surface area contributed by atoms with Gasteiger partial charge in [-0.15, -0.1) is 0 Å². The Morgan fingerprint density at radius 3 is 2.35 bits per heavy atom. The Morgan fingerprint density at radius 2 is 1.76 bits per heavy atom. The summed E-state index contributed by atoms with van der Waals surface area (Å²) in [7, 11) is -0.690. The molecule has 2 N–H and O–H groups in total. The number of hydrogen-bond donors (Lipinski definition) is 2. The van der Waals surface area contributed by atoms with Crippen molar-refractivity contribution < 1.29 is 18.3 Å². The van der Waals surface area contributed by atoms with Gasteiger partial charge in [-0.3, -0.25) is 9.79 Å². The fourth-order valence-corrected chi connectivity index (χ4v) is 5.36. The number of phenols is 1. The lowest BCUT2D eigenvalue weighted by molar-refractivity contribution is -0.130. The van der Waals surface area contributed by atoms with Crippen molar-refractivity contribution in [3.8, 4) is 5.75 Å². The predicted molar refractivity (Wildman–Crippen MR) is 134 cm³/mol. The molecule has 1 aliphatic rings. The number of likely N-dealkylation sites (N-methyl/N-ethyl adjacent to an activating group) is 1. The zero-order chi connectivity index (χ0) is 24.9. The summed E-state index contributed by atoms with van der Waals surface area (Å²) >= 11 is 11.7. The molecule has 0 bridgehead atoms. The number of aromatic hydroxyl groups is 1. The molecule has 0 aliphatic carbocycles. The number of carbonyl (C=O) groups excluding carboxylic acids is 1. The molecular weight excluding hydrogens is 499 g/mol. The van der Waals surface area contributed by atoms with Crippen LogP contribution < -0.4 is 5.32 Å². The third kappa shape index (κ3) is 6.41. The molecule has 0 saturated carbocycles. The molecule has 0 aromatic heterocycles. The van der Waals surface area contributed by atoms with Crippen LogP contribution in [-0.4, -0.2) is 74.7 Å². The molecule has 2 aromatic rings. The van der Waals surface area contributed by atoms with Gasteiger partial charge >= 0.3 is 0 Å². The van der Waals surface area contributed by atoms with Gasteiger partial charge in [-0.2, -0.15) is 0 Å². The lowest BCUT2D eigenvalue weighted by Gasteiger charge is -2.20. The van der Waals surface area contributed by atoms with Crippen LogP contribution in [0.15, 0.2) is 46.3 Å². The van der Waals surface area contributed by atoms with Gasteiger partial charge in [-0.25, -0.2) is 12.7 Å². The monoisotopic (exact) mass is 526 g/mol. The van der Waals surface area contributed by atoms with Gasteiger partial charge in [-0.05, 0) is 30.5 Å². The number of sulfonamides is 1. The van der Waals surface area contributed by atoms with Crippen LogP contribution in [0.2, 0.25) is 10.0 Å². The van der Waals surface area contributed by atoms with Crippen molar-refractivity contribution in [1.29, 1.82) is 0 Å².